The lowest BCUT2D eigenvalue weighted by Gasteiger charge is -2.11. The van der Waals surface area contributed by atoms with Crippen molar-refractivity contribution < 1.29 is 14.4 Å². The number of nitrogens with zero attached hydrogens (tertiary/aromatic N) is 2. The smallest absolute Gasteiger partial charge is 0.339 e. The largest absolute Gasteiger partial charge is 0.478 e. The summed E-state index contributed by atoms with van der Waals surface area (Å²) in [7, 11) is 0. The number of carbonyl (C=O) groups is 1. The molecule has 0 unspecified atom stereocenters. The van der Waals surface area contributed by atoms with Crippen LogP contribution < -0.4 is 5.32 Å². The lowest BCUT2D eigenvalue weighted by molar-refractivity contribution is 0.0697. The van der Waals surface area contributed by atoms with Crippen molar-refractivity contribution >= 4 is 22.6 Å². The average Bonchev–Trinajstić information content (AvgIpc) is 2.97. The number of nitrogens with one attached hydrogen (secondary N) is 1. The second-order valence-corrected chi connectivity index (χ2v) is 4.20. The number of fused-ring (bicyclic) bond motifs is 1. The quantitative estimate of drug-likeness (QED) is 0.756. The molecule has 2 heterocycles. The predicted octanol–water partition coefficient (Wildman–Crippen LogP) is 2.53. The molecule has 0 amide bonds. The SMILES string of the molecule is O=C(O)c1cnc2ccccc2c1NCc1ccno1. The lowest BCUT2D eigenvalue weighted by atomic mass is 10.1. The van der Waals surface area contributed by atoms with Crippen LogP contribution in [0.15, 0.2) is 47.2 Å². The predicted molar refractivity (Wildman–Crippen MR) is 72.5 cm³/mol. The Morgan fingerprint density at radius 3 is 2.90 bits per heavy atom. The average molecular weight is 269 g/mol. The summed E-state index contributed by atoms with van der Waals surface area (Å²) in [6.45, 7) is 0.355. The number of para-hydroxylation sites is 1. The maximum atomic E-state index is 11.3. The van der Waals surface area contributed by atoms with Crippen LogP contribution in [-0.4, -0.2) is 21.2 Å². The standard InChI is InChI=1S/C14H11N3O3/c18-14(19)11-8-15-12-4-2-1-3-10(12)13(11)16-7-9-5-6-17-20-9/h1-6,8H,7H2,(H,15,16)(H,18,19). The van der Waals surface area contributed by atoms with Crippen LogP contribution in [-0.2, 0) is 6.54 Å². The molecule has 0 bridgehead atoms. The fraction of sp³-hybridized carbons (Fsp3) is 0.0714. The third-order valence-corrected chi connectivity index (χ3v) is 2.94. The van der Waals surface area contributed by atoms with Gasteiger partial charge in [-0.05, 0) is 6.07 Å². The Bertz CT molecular complexity index is 753. The number of carboxylic acid groups (broad SMARTS) is 1. The number of rotatable bonds is 4. The number of hydrogen-bond donors (Lipinski definition) is 2. The van der Waals surface area contributed by atoms with Crippen LogP contribution in [0.25, 0.3) is 10.9 Å². The van der Waals surface area contributed by atoms with Crippen molar-refractivity contribution in [2.24, 2.45) is 0 Å². The van der Waals surface area contributed by atoms with Gasteiger partial charge in [0.1, 0.15) is 5.56 Å². The number of anilines is 1. The third-order valence-electron chi connectivity index (χ3n) is 2.94. The highest BCUT2D eigenvalue weighted by atomic mass is 16.5. The Kier molecular flexibility index (Phi) is 3.04. The first-order valence-corrected chi connectivity index (χ1v) is 6.00. The summed E-state index contributed by atoms with van der Waals surface area (Å²) >= 11 is 0. The minimum atomic E-state index is -1.02. The summed E-state index contributed by atoms with van der Waals surface area (Å²) in [4.78, 5) is 15.5. The van der Waals surface area contributed by atoms with E-state index in [9.17, 15) is 9.90 Å². The van der Waals surface area contributed by atoms with Crippen LogP contribution in [0.2, 0.25) is 0 Å². The van der Waals surface area contributed by atoms with Crippen LogP contribution in [0.1, 0.15) is 16.1 Å². The fourth-order valence-electron chi connectivity index (χ4n) is 2.00. The van der Waals surface area contributed by atoms with Crippen molar-refractivity contribution in [3.05, 3.63) is 54.0 Å². The van der Waals surface area contributed by atoms with E-state index in [-0.39, 0.29) is 5.56 Å². The van der Waals surface area contributed by atoms with Gasteiger partial charge in [-0.1, -0.05) is 23.4 Å². The highest BCUT2D eigenvalue weighted by molar-refractivity contribution is 6.04. The molecule has 6 heteroatoms. The summed E-state index contributed by atoms with van der Waals surface area (Å²) in [6, 6.07) is 9.08. The van der Waals surface area contributed by atoms with Gasteiger partial charge in [0.05, 0.1) is 23.9 Å². The molecule has 20 heavy (non-hydrogen) atoms. The molecule has 0 saturated carbocycles. The molecule has 0 fully saturated rings. The second kappa shape index (κ2) is 5.00. The zero-order chi connectivity index (χ0) is 13.9. The molecule has 0 atom stereocenters. The zero-order valence-electron chi connectivity index (χ0n) is 10.4. The Hall–Kier alpha value is -2.89. The molecular weight excluding hydrogens is 258 g/mol. The first kappa shape index (κ1) is 12.2. The van der Waals surface area contributed by atoms with Crippen LogP contribution >= 0.6 is 0 Å². The number of carboxylic acids is 1. The van der Waals surface area contributed by atoms with E-state index in [4.69, 9.17) is 4.52 Å². The molecule has 0 aliphatic heterocycles. The van der Waals surface area contributed by atoms with Gasteiger partial charge in [0, 0.05) is 17.6 Å². The minimum Gasteiger partial charge on any atom is -0.478 e. The molecule has 0 aliphatic carbocycles. The zero-order valence-corrected chi connectivity index (χ0v) is 10.4. The molecule has 1 aromatic carbocycles. The summed E-state index contributed by atoms with van der Waals surface area (Å²) in [5, 5.41) is 16.7. The van der Waals surface area contributed by atoms with Gasteiger partial charge >= 0.3 is 5.97 Å². The maximum Gasteiger partial charge on any atom is 0.339 e. The molecular formula is C14H11N3O3. The monoisotopic (exact) mass is 269 g/mol. The summed E-state index contributed by atoms with van der Waals surface area (Å²) < 4.78 is 4.99. The summed E-state index contributed by atoms with van der Waals surface area (Å²) in [6.07, 6.45) is 2.90. The van der Waals surface area contributed by atoms with Gasteiger partial charge in [-0.3, -0.25) is 4.98 Å². The van der Waals surface area contributed by atoms with Crippen molar-refractivity contribution in [3.8, 4) is 0 Å². The van der Waals surface area contributed by atoms with Crippen LogP contribution in [0, 0.1) is 0 Å². The van der Waals surface area contributed by atoms with Gasteiger partial charge in [0.2, 0.25) is 0 Å². The van der Waals surface area contributed by atoms with Crippen LogP contribution in [0.5, 0.6) is 0 Å². The van der Waals surface area contributed by atoms with E-state index in [0.29, 0.717) is 18.0 Å². The number of benzene rings is 1. The Balaban J connectivity index is 2.05. The van der Waals surface area contributed by atoms with E-state index >= 15 is 0 Å². The van der Waals surface area contributed by atoms with Gasteiger partial charge in [-0.25, -0.2) is 4.79 Å². The van der Waals surface area contributed by atoms with Crippen molar-refractivity contribution in [1.82, 2.24) is 10.1 Å². The molecule has 0 spiro atoms. The molecule has 0 saturated heterocycles. The number of hydrogen-bond acceptors (Lipinski definition) is 5. The van der Waals surface area contributed by atoms with E-state index in [0.717, 1.165) is 10.9 Å². The van der Waals surface area contributed by atoms with Gasteiger partial charge in [-0.15, -0.1) is 0 Å². The Morgan fingerprint density at radius 2 is 2.15 bits per heavy atom. The highest BCUT2D eigenvalue weighted by Crippen LogP contribution is 2.26. The van der Waals surface area contributed by atoms with Gasteiger partial charge < -0.3 is 14.9 Å². The maximum absolute atomic E-state index is 11.3. The summed E-state index contributed by atoms with van der Waals surface area (Å²) in [5.74, 6) is -0.398. The van der Waals surface area contributed by atoms with Crippen molar-refractivity contribution in [1.29, 1.82) is 0 Å². The van der Waals surface area contributed by atoms with Gasteiger partial charge in [0.15, 0.2) is 5.76 Å². The van der Waals surface area contributed by atoms with E-state index in [1.165, 1.54) is 6.20 Å². The van der Waals surface area contributed by atoms with E-state index in [2.05, 4.69) is 15.5 Å². The molecule has 0 radical (unpaired) electrons. The molecule has 2 aromatic heterocycles. The molecule has 3 rings (SSSR count). The number of aromatic nitrogens is 2. The highest BCUT2D eigenvalue weighted by Gasteiger charge is 2.14. The van der Waals surface area contributed by atoms with Gasteiger partial charge in [0.25, 0.3) is 0 Å². The van der Waals surface area contributed by atoms with Crippen LogP contribution in [0.3, 0.4) is 0 Å². The van der Waals surface area contributed by atoms with Crippen molar-refractivity contribution in [3.63, 3.8) is 0 Å². The second-order valence-electron chi connectivity index (χ2n) is 4.20. The van der Waals surface area contributed by atoms with Crippen LogP contribution in [0.4, 0.5) is 5.69 Å². The number of pyridine rings is 1. The molecule has 100 valence electrons. The normalized spacial score (nSPS) is 10.6. The third kappa shape index (κ3) is 2.18. The van der Waals surface area contributed by atoms with E-state index in [1.54, 1.807) is 12.3 Å². The first-order chi connectivity index (χ1) is 9.75. The summed E-state index contributed by atoms with van der Waals surface area (Å²) in [5.41, 5.74) is 1.39. The van der Waals surface area contributed by atoms with Crippen molar-refractivity contribution in [2.45, 2.75) is 6.54 Å². The lowest BCUT2D eigenvalue weighted by Crippen LogP contribution is -2.07. The Morgan fingerprint density at radius 1 is 1.30 bits per heavy atom. The Labute approximate surface area is 114 Å². The van der Waals surface area contributed by atoms with Crippen molar-refractivity contribution in [2.75, 3.05) is 5.32 Å². The fourth-order valence-corrected chi connectivity index (χ4v) is 2.00. The first-order valence-electron chi connectivity index (χ1n) is 6.00. The molecule has 2 N–H and O–H groups in total. The molecule has 0 aliphatic rings. The van der Waals surface area contributed by atoms with E-state index < -0.39 is 5.97 Å². The topological polar surface area (TPSA) is 88.2 Å². The minimum absolute atomic E-state index is 0.128. The molecule has 6 nitrogen and oxygen atoms in total. The van der Waals surface area contributed by atoms with E-state index in [1.807, 2.05) is 24.3 Å². The van der Waals surface area contributed by atoms with Gasteiger partial charge in [-0.2, -0.15) is 0 Å². The number of aromatic carboxylic acids is 1. The molecule has 3 aromatic rings.